The van der Waals surface area contributed by atoms with Crippen molar-refractivity contribution < 1.29 is 14.6 Å². The Balaban J connectivity index is 1.67. The van der Waals surface area contributed by atoms with Crippen LogP contribution < -0.4 is 10.4 Å². The number of ether oxygens (including phenoxy) is 2. The summed E-state index contributed by atoms with van der Waals surface area (Å²) in [5, 5.41) is 10.3. The van der Waals surface area contributed by atoms with Gasteiger partial charge in [-0.2, -0.15) is 0 Å². The average Bonchev–Trinajstić information content (AvgIpc) is 2.93. The van der Waals surface area contributed by atoms with Crippen LogP contribution in [0.25, 0.3) is 11.0 Å². The molecule has 0 amide bonds. The van der Waals surface area contributed by atoms with E-state index in [1.807, 2.05) is 55.5 Å². The molecule has 0 aliphatic carbocycles. The van der Waals surface area contributed by atoms with Gasteiger partial charge in [-0.05, 0) is 25.1 Å². The fourth-order valence-electron chi connectivity index (χ4n) is 3.15. The van der Waals surface area contributed by atoms with E-state index in [1.54, 1.807) is 16.2 Å². The van der Waals surface area contributed by atoms with Crippen LogP contribution in [0.2, 0.25) is 0 Å². The summed E-state index contributed by atoms with van der Waals surface area (Å²) in [5.41, 5.74) is 2.50. The van der Waals surface area contributed by atoms with Gasteiger partial charge in [0.2, 0.25) is 0 Å². The third-order valence-electron chi connectivity index (χ3n) is 4.40. The van der Waals surface area contributed by atoms with Crippen molar-refractivity contribution >= 4 is 11.0 Å². The van der Waals surface area contributed by atoms with Gasteiger partial charge in [-0.3, -0.25) is 9.13 Å². The molecule has 0 saturated carbocycles. The lowest BCUT2D eigenvalue weighted by Gasteiger charge is -2.13. The normalized spacial score (nSPS) is 12.4. The molecule has 0 aliphatic rings. The molecule has 0 spiro atoms. The minimum absolute atomic E-state index is 0.113. The van der Waals surface area contributed by atoms with E-state index in [4.69, 9.17) is 9.47 Å². The second kappa shape index (κ2) is 8.21. The van der Waals surface area contributed by atoms with E-state index in [0.717, 1.165) is 22.3 Å². The maximum absolute atomic E-state index is 12.6. The third-order valence-corrected chi connectivity index (χ3v) is 4.40. The van der Waals surface area contributed by atoms with E-state index in [-0.39, 0.29) is 18.8 Å². The van der Waals surface area contributed by atoms with Crippen LogP contribution in [0.15, 0.2) is 53.3 Å². The van der Waals surface area contributed by atoms with E-state index in [1.165, 1.54) is 0 Å². The second-order valence-electron chi connectivity index (χ2n) is 6.11. The lowest BCUT2D eigenvalue weighted by molar-refractivity contribution is 0.0198. The van der Waals surface area contributed by atoms with Gasteiger partial charge in [0.15, 0.2) is 0 Å². The molecule has 1 aromatic heterocycles. The van der Waals surface area contributed by atoms with Crippen molar-refractivity contribution in [3.05, 3.63) is 64.6 Å². The molecule has 0 aliphatic heterocycles. The molecule has 1 N–H and O–H groups in total. The van der Waals surface area contributed by atoms with Crippen LogP contribution in [0.4, 0.5) is 0 Å². The largest absolute Gasteiger partial charge is 0.496 e. The van der Waals surface area contributed by atoms with E-state index in [9.17, 15) is 9.90 Å². The number of aromatic nitrogens is 2. The first kappa shape index (κ1) is 18.2. The number of hydrogen-bond donors (Lipinski definition) is 1. The zero-order valence-corrected chi connectivity index (χ0v) is 15.1. The van der Waals surface area contributed by atoms with Crippen molar-refractivity contribution in [1.82, 2.24) is 9.13 Å². The Labute approximate surface area is 152 Å². The van der Waals surface area contributed by atoms with Gasteiger partial charge in [0, 0.05) is 12.1 Å². The van der Waals surface area contributed by atoms with Crippen LogP contribution in [0.5, 0.6) is 5.75 Å². The molecule has 1 heterocycles. The van der Waals surface area contributed by atoms with E-state index in [2.05, 4.69) is 0 Å². The number of nitrogens with zero attached hydrogens (tertiary/aromatic N) is 2. The van der Waals surface area contributed by atoms with Gasteiger partial charge in [0.25, 0.3) is 0 Å². The highest BCUT2D eigenvalue weighted by Crippen LogP contribution is 2.18. The third kappa shape index (κ3) is 3.66. The second-order valence-corrected chi connectivity index (χ2v) is 6.11. The van der Waals surface area contributed by atoms with Crippen LogP contribution in [-0.2, 0) is 24.4 Å². The number of rotatable bonds is 8. The molecule has 0 saturated heterocycles. The molecule has 0 radical (unpaired) electrons. The van der Waals surface area contributed by atoms with Gasteiger partial charge in [0.1, 0.15) is 5.75 Å². The molecule has 0 bridgehead atoms. The topological polar surface area (TPSA) is 65.6 Å². The lowest BCUT2D eigenvalue weighted by Crippen LogP contribution is -2.30. The highest BCUT2D eigenvalue weighted by atomic mass is 16.5. The summed E-state index contributed by atoms with van der Waals surface area (Å²) in [6.07, 6.45) is -0.779. The number of imidazole rings is 1. The summed E-state index contributed by atoms with van der Waals surface area (Å²) < 4.78 is 14.2. The highest BCUT2D eigenvalue weighted by molar-refractivity contribution is 5.75. The van der Waals surface area contributed by atoms with Crippen LogP contribution in [0.1, 0.15) is 12.5 Å². The fourth-order valence-corrected chi connectivity index (χ4v) is 3.15. The van der Waals surface area contributed by atoms with Crippen molar-refractivity contribution in [3.8, 4) is 5.75 Å². The Morgan fingerprint density at radius 2 is 1.69 bits per heavy atom. The number of aliphatic hydroxyl groups is 1. The first-order valence-electron chi connectivity index (χ1n) is 8.71. The summed E-state index contributed by atoms with van der Waals surface area (Å²) in [6, 6.07) is 15.2. The van der Waals surface area contributed by atoms with Crippen molar-refractivity contribution in [2.45, 2.75) is 32.7 Å². The van der Waals surface area contributed by atoms with Gasteiger partial charge in [0.05, 0.1) is 44.0 Å². The van der Waals surface area contributed by atoms with Gasteiger partial charge in [-0.1, -0.05) is 30.3 Å². The number of benzene rings is 2. The quantitative estimate of drug-likeness (QED) is 0.673. The monoisotopic (exact) mass is 356 g/mol. The first-order chi connectivity index (χ1) is 12.7. The van der Waals surface area contributed by atoms with E-state index >= 15 is 0 Å². The molecular weight excluding hydrogens is 332 g/mol. The Hall–Kier alpha value is -2.57. The maximum atomic E-state index is 12.6. The molecular formula is C20H24N2O4. The molecule has 3 aromatic rings. The summed E-state index contributed by atoms with van der Waals surface area (Å²) >= 11 is 0. The molecule has 1 atom stereocenters. The molecule has 26 heavy (non-hydrogen) atoms. The predicted octanol–water partition coefficient (Wildman–Crippen LogP) is 2.41. The van der Waals surface area contributed by atoms with Gasteiger partial charge >= 0.3 is 5.69 Å². The number of aryl methyl sites for hydroxylation is 1. The Morgan fingerprint density at radius 1 is 1.04 bits per heavy atom. The minimum atomic E-state index is -0.779. The van der Waals surface area contributed by atoms with E-state index < -0.39 is 6.10 Å². The van der Waals surface area contributed by atoms with Crippen LogP contribution in [0.3, 0.4) is 0 Å². The first-order valence-corrected chi connectivity index (χ1v) is 8.71. The Morgan fingerprint density at radius 3 is 2.38 bits per heavy atom. The van der Waals surface area contributed by atoms with Crippen molar-refractivity contribution in [3.63, 3.8) is 0 Å². The molecule has 138 valence electrons. The Kier molecular flexibility index (Phi) is 5.75. The number of fused-ring (bicyclic) bond motifs is 1. The van der Waals surface area contributed by atoms with Crippen LogP contribution in [-0.4, -0.2) is 34.1 Å². The van der Waals surface area contributed by atoms with Crippen LogP contribution >= 0.6 is 0 Å². The molecule has 2 aromatic carbocycles. The van der Waals surface area contributed by atoms with Crippen LogP contribution in [0, 0.1) is 0 Å². The standard InChI is InChI=1S/C20H24N2O4/c1-3-21-17-9-5-6-10-18(17)22(20(21)24)12-16(23)14-26-13-15-8-4-7-11-19(15)25-2/h4-11,16,23H,3,12-14H2,1-2H3. The molecule has 6 nitrogen and oxygen atoms in total. The average molecular weight is 356 g/mol. The molecule has 1 unspecified atom stereocenters. The fraction of sp³-hybridized carbons (Fsp3) is 0.350. The van der Waals surface area contributed by atoms with Crippen molar-refractivity contribution in [2.75, 3.05) is 13.7 Å². The number of hydrogen-bond acceptors (Lipinski definition) is 4. The summed E-state index contributed by atoms with van der Waals surface area (Å²) in [6.45, 7) is 3.19. The number of methoxy groups -OCH3 is 1. The lowest BCUT2D eigenvalue weighted by atomic mass is 10.2. The SMILES string of the molecule is CCn1c(=O)n(CC(O)COCc2ccccc2OC)c2ccccc21. The van der Waals surface area contributed by atoms with Crippen molar-refractivity contribution in [1.29, 1.82) is 0 Å². The zero-order chi connectivity index (χ0) is 18.5. The molecule has 3 rings (SSSR count). The zero-order valence-electron chi connectivity index (χ0n) is 15.1. The molecule has 6 heteroatoms. The summed E-state index contributed by atoms with van der Waals surface area (Å²) in [7, 11) is 1.61. The van der Waals surface area contributed by atoms with Gasteiger partial charge < -0.3 is 14.6 Å². The van der Waals surface area contributed by atoms with E-state index in [0.29, 0.717) is 13.2 Å². The molecule has 0 fully saturated rings. The van der Waals surface area contributed by atoms with Gasteiger partial charge in [-0.15, -0.1) is 0 Å². The van der Waals surface area contributed by atoms with Crippen molar-refractivity contribution in [2.24, 2.45) is 0 Å². The summed E-state index contributed by atoms with van der Waals surface area (Å²) in [5.74, 6) is 0.754. The minimum Gasteiger partial charge on any atom is -0.496 e. The maximum Gasteiger partial charge on any atom is 0.329 e. The number of aliphatic hydroxyl groups excluding tert-OH is 1. The predicted molar refractivity (Wildman–Crippen MR) is 101 cm³/mol. The smallest absolute Gasteiger partial charge is 0.329 e. The summed E-state index contributed by atoms with van der Waals surface area (Å²) in [4.78, 5) is 12.6. The Bertz CT molecular complexity index is 929. The number of para-hydroxylation sites is 3. The highest BCUT2D eigenvalue weighted by Gasteiger charge is 2.15. The van der Waals surface area contributed by atoms with Gasteiger partial charge in [-0.25, -0.2) is 4.79 Å².